The number of para-hydroxylation sites is 2. The highest BCUT2D eigenvalue weighted by molar-refractivity contribution is 9.10. The lowest BCUT2D eigenvalue weighted by atomic mass is 10.2. The van der Waals surface area contributed by atoms with Crippen LogP contribution >= 0.6 is 39.7 Å². The van der Waals surface area contributed by atoms with E-state index in [4.69, 9.17) is 28.6 Å². The van der Waals surface area contributed by atoms with Crippen molar-refractivity contribution in [3.63, 3.8) is 0 Å². The Labute approximate surface area is 176 Å². The molecule has 0 bridgehead atoms. The first-order valence-electron chi connectivity index (χ1n) is 8.33. The van der Waals surface area contributed by atoms with Crippen molar-refractivity contribution in [3.05, 3.63) is 69.8 Å². The van der Waals surface area contributed by atoms with Gasteiger partial charge in [-0.1, -0.05) is 41.9 Å². The van der Waals surface area contributed by atoms with Crippen molar-refractivity contribution in [3.8, 4) is 5.75 Å². The topological polar surface area (TPSA) is 51.1 Å². The van der Waals surface area contributed by atoms with Gasteiger partial charge in [-0.3, -0.25) is 4.68 Å². The maximum Gasteiger partial charge on any atom is 0.176 e. The molecule has 0 aliphatic heterocycles. The smallest absolute Gasteiger partial charge is 0.176 e. The predicted molar refractivity (Wildman–Crippen MR) is 118 cm³/mol. The summed E-state index contributed by atoms with van der Waals surface area (Å²) in [6.07, 6.45) is 1.88. The monoisotopic (exact) mass is 464 g/mol. The van der Waals surface area contributed by atoms with Crippen molar-refractivity contribution in [2.75, 3.05) is 17.2 Å². The lowest BCUT2D eigenvalue weighted by Crippen LogP contribution is -2.20. The van der Waals surface area contributed by atoms with E-state index in [0.29, 0.717) is 29.1 Å². The zero-order valence-electron chi connectivity index (χ0n) is 14.6. The number of rotatable bonds is 6. The largest absolute Gasteiger partial charge is 0.492 e. The number of anilines is 2. The van der Waals surface area contributed by atoms with Crippen molar-refractivity contribution in [1.82, 2.24) is 9.78 Å². The normalized spacial score (nSPS) is 10.5. The van der Waals surface area contributed by atoms with Crippen LogP contribution in [0.5, 0.6) is 5.75 Å². The molecule has 0 saturated heterocycles. The number of halogens is 2. The van der Waals surface area contributed by atoms with E-state index in [9.17, 15) is 0 Å². The zero-order valence-corrected chi connectivity index (χ0v) is 17.7. The van der Waals surface area contributed by atoms with Gasteiger partial charge in [0.15, 0.2) is 10.9 Å². The van der Waals surface area contributed by atoms with Crippen LogP contribution in [0.4, 0.5) is 11.5 Å². The number of hydrogen-bond donors (Lipinski definition) is 2. The van der Waals surface area contributed by atoms with Crippen LogP contribution in [0, 0.1) is 0 Å². The SMILES string of the molecule is CCOc1ccccc1NC(=S)Nc1nn(Cc2ccccc2Cl)cc1Br. The summed E-state index contributed by atoms with van der Waals surface area (Å²) in [5, 5.41) is 11.9. The summed E-state index contributed by atoms with van der Waals surface area (Å²) < 4.78 is 8.20. The molecule has 0 unspecified atom stereocenters. The zero-order chi connectivity index (χ0) is 19.2. The number of thiocarbonyl (C=S) groups is 1. The summed E-state index contributed by atoms with van der Waals surface area (Å²) in [5.74, 6) is 1.36. The molecule has 5 nitrogen and oxygen atoms in total. The molecule has 2 aromatic carbocycles. The van der Waals surface area contributed by atoms with Crippen LogP contribution < -0.4 is 15.4 Å². The fourth-order valence-corrected chi connectivity index (χ4v) is 3.29. The third kappa shape index (κ3) is 5.22. The Bertz CT molecular complexity index is 947. The lowest BCUT2D eigenvalue weighted by molar-refractivity contribution is 0.342. The van der Waals surface area contributed by atoms with E-state index < -0.39 is 0 Å². The summed E-state index contributed by atoms with van der Waals surface area (Å²) in [7, 11) is 0. The molecular formula is C19H18BrClN4OS. The first kappa shape index (κ1) is 19.7. The average molecular weight is 466 g/mol. The molecule has 140 valence electrons. The van der Waals surface area contributed by atoms with Gasteiger partial charge < -0.3 is 15.4 Å². The van der Waals surface area contributed by atoms with Gasteiger partial charge in [0.05, 0.1) is 23.3 Å². The molecule has 2 N–H and O–H groups in total. The van der Waals surface area contributed by atoms with E-state index in [1.165, 1.54) is 0 Å². The highest BCUT2D eigenvalue weighted by Crippen LogP contribution is 2.25. The van der Waals surface area contributed by atoms with Gasteiger partial charge in [0, 0.05) is 11.2 Å². The first-order chi connectivity index (χ1) is 13.1. The summed E-state index contributed by atoms with van der Waals surface area (Å²) in [4.78, 5) is 0. The van der Waals surface area contributed by atoms with Crippen LogP contribution in [0.3, 0.4) is 0 Å². The van der Waals surface area contributed by atoms with Gasteiger partial charge in [-0.25, -0.2) is 0 Å². The second kappa shape index (κ2) is 9.21. The maximum absolute atomic E-state index is 6.22. The summed E-state index contributed by atoms with van der Waals surface area (Å²) in [6, 6.07) is 15.3. The third-order valence-electron chi connectivity index (χ3n) is 3.67. The molecule has 1 heterocycles. The number of benzene rings is 2. The van der Waals surface area contributed by atoms with Crippen molar-refractivity contribution in [2.24, 2.45) is 0 Å². The number of nitrogens with one attached hydrogen (secondary N) is 2. The molecule has 0 spiro atoms. The fourth-order valence-electron chi connectivity index (χ4n) is 2.48. The molecular weight excluding hydrogens is 448 g/mol. The maximum atomic E-state index is 6.22. The summed E-state index contributed by atoms with van der Waals surface area (Å²) in [5.41, 5.74) is 1.79. The molecule has 0 saturated carbocycles. The Kier molecular flexibility index (Phi) is 6.71. The molecule has 0 radical (unpaired) electrons. The van der Waals surface area contributed by atoms with Crippen LogP contribution in [-0.4, -0.2) is 21.5 Å². The van der Waals surface area contributed by atoms with E-state index in [2.05, 4.69) is 31.7 Å². The Balaban J connectivity index is 1.68. The molecule has 27 heavy (non-hydrogen) atoms. The van der Waals surface area contributed by atoms with Crippen molar-refractivity contribution < 1.29 is 4.74 Å². The Morgan fingerprint density at radius 2 is 1.93 bits per heavy atom. The van der Waals surface area contributed by atoms with Crippen LogP contribution in [0.2, 0.25) is 5.02 Å². The minimum atomic E-state index is 0.422. The third-order valence-corrected chi connectivity index (χ3v) is 4.83. The molecule has 0 fully saturated rings. The van der Waals surface area contributed by atoms with Crippen LogP contribution in [0.15, 0.2) is 59.2 Å². The number of nitrogens with zero attached hydrogens (tertiary/aromatic N) is 2. The second-order valence-corrected chi connectivity index (χ2v) is 7.29. The van der Waals surface area contributed by atoms with Crippen LogP contribution in [0.1, 0.15) is 12.5 Å². The fraction of sp³-hybridized carbons (Fsp3) is 0.158. The molecule has 0 amide bonds. The van der Waals surface area contributed by atoms with Gasteiger partial charge in [0.25, 0.3) is 0 Å². The molecule has 3 rings (SSSR count). The number of aromatic nitrogens is 2. The summed E-state index contributed by atoms with van der Waals surface area (Å²) >= 11 is 15.1. The van der Waals surface area contributed by atoms with Gasteiger partial charge in [-0.05, 0) is 58.8 Å². The second-order valence-electron chi connectivity index (χ2n) is 5.62. The number of ether oxygens (including phenoxy) is 1. The molecule has 3 aromatic rings. The Hall–Kier alpha value is -2.09. The van der Waals surface area contributed by atoms with Crippen molar-refractivity contribution in [2.45, 2.75) is 13.5 Å². The van der Waals surface area contributed by atoms with Gasteiger partial charge in [0.1, 0.15) is 5.75 Å². The average Bonchev–Trinajstić information content (AvgIpc) is 2.98. The first-order valence-corrected chi connectivity index (χ1v) is 9.91. The van der Waals surface area contributed by atoms with Crippen molar-refractivity contribution in [1.29, 1.82) is 0 Å². The van der Waals surface area contributed by atoms with Crippen LogP contribution in [-0.2, 0) is 6.54 Å². The summed E-state index contributed by atoms with van der Waals surface area (Å²) in [6.45, 7) is 3.08. The molecule has 0 atom stereocenters. The van der Waals surface area contributed by atoms with E-state index in [1.807, 2.05) is 61.7 Å². The quantitative estimate of drug-likeness (QED) is 0.467. The van der Waals surface area contributed by atoms with Gasteiger partial charge >= 0.3 is 0 Å². The van der Waals surface area contributed by atoms with Crippen LogP contribution in [0.25, 0.3) is 0 Å². The Morgan fingerprint density at radius 1 is 1.19 bits per heavy atom. The predicted octanol–water partition coefficient (Wildman–Crippen LogP) is 5.55. The van der Waals surface area contributed by atoms with Crippen molar-refractivity contribution >= 4 is 56.4 Å². The lowest BCUT2D eigenvalue weighted by Gasteiger charge is -2.13. The molecule has 1 aromatic heterocycles. The highest BCUT2D eigenvalue weighted by atomic mass is 79.9. The van der Waals surface area contributed by atoms with E-state index >= 15 is 0 Å². The minimum absolute atomic E-state index is 0.422. The highest BCUT2D eigenvalue weighted by Gasteiger charge is 2.11. The number of hydrogen-bond acceptors (Lipinski definition) is 3. The molecule has 0 aliphatic carbocycles. The van der Waals surface area contributed by atoms with E-state index in [-0.39, 0.29) is 0 Å². The Morgan fingerprint density at radius 3 is 2.70 bits per heavy atom. The minimum Gasteiger partial charge on any atom is -0.492 e. The molecule has 0 aliphatic rings. The van der Waals surface area contributed by atoms with Gasteiger partial charge in [0.2, 0.25) is 0 Å². The van der Waals surface area contributed by atoms with Gasteiger partial charge in [-0.15, -0.1) is 0 Å². The van der Waals surface area contributed by atoms with Gasteiger partial charge in [-0.2, -0.15) is 5.10 Å². The standard InChI is InChI=1S/C19H18BrClN4OS/c1-2-26-17-10-6-5-9-16(17)22-19(27)23-18-14(20)12-25(24-18)11-13-7-3-4-8-15(13)21/h3-10,12H,2,11H2,1H3,(H2,22,23,24,27). The van der Waals surface area contributed by atoms with E-state index in [0.717, 1.165) is 21.5 Å². The molecule has 8 heteroatoms. The van der Waals surface area contributed by atoms with E-state index in [1.54, 1.807) is 4.68 Å².